The van der Waals surface area contributed by atoms with Crippen LogP contribution in [0.25, 0.3) is 0 Å². The molecule has 0 fully saturated rings. The van der Waals surface area contributed by atoms with Crippen LogP contribution < -0.4 is 0 Å². The molecular weight excluding hydrogens is 242 g/mol. The molecule has 0 aromatic heterocycles. The maximum atomic E-state index is 11.0. The third kappa shape index (κ3) is 7.76. The van der Waals surface area contributed by atoms with Gasteiger partial charge in [-0.25, -0.2) is 9.13 Å². The van der Waals surface area contributed by atoms with Crippen LogP contribution in [-0.2, 0) is 22.5 Å². The van der Waals surface area contributed by atoms with E-state index in [2.05, 4.69) is 13.4 Å². The van der Waals surface area contributed by atoms with Crippen molar-refractivity contribution in [1.82, 2.24) is 0 Å². The van der Waals surface area contributed by atoms with Crippen LogP contribution in [0.5, 0.6) is 0 Å². The SMILES string of the molecule is COP(=O)(OCCl)OP(=O)(O)O.[Be+2].[H-].[H-]. The van der Waals surface area contributed by atoms with E-state index in [0.717, 1.165) is 7.11 Å². The van der Waals surface area contributed by atoms with Crippen molar-refractivity contribution in [2.45, 2.75) is 0 Å². The Kier molecular flexibility index (Phi) is 7.77. The van der Waals surface area contributed by atoms with Gasteiger partial charge in [0.25, 0.3) is 0 Å². The topological polar surface area (TPSA) is 102 Å². The Morgan fingerprint density at radius 2 is 1.92 bits per heavy atom. The van der Waals surface area contributed by atoms with E-state index in [4.69, 9.17) is 21.4 Å². The molecule has 1 atom stereocenters. The predicted molar refractivity (Wildman–Crippen MR) is 47.5 cm³/mol. The summed E-state index contributed by atoms with van der Waals surface area (Å²) < 4.78 is 33.1. The number of hydrogen-bond acceptors (Lipinski definition) is 5. The maximum absolute atomic E-state index is 11.0. The predicted octanol–water partition coefficient (Wildman–Crippen LogP) is 0.907. The number of phosphoric acid groups is 2. The summed E-state index contributed by atoms with van der Waals surface area (Å²) in [5, 5.41) is 0. The quantitative estimate of drug-likeness (QED) is 0.425. The first-order valence-corrected chi connectivity index (χ1v) is 5.99. The van der Waals surface area contributed by atoms with E-state index >= 15 is 0 Å². The molecule has 0 spiro atoms. The van der Waals surface area contributed by atoms with Gasteiger partial charge in [-0.3, -0.25) is 9.05 Å². The largest absolute Gasteiger partial charge is 2.00 e. The zero-order chi connectivity index (χ0) is 9.83. The third-order valence-electron chi connectivity index (χ3n) is 0.637. The Hall–Kier alpha value is 0.719. The van der Waals surface area contributed by atoms with Gasteiger partial charge < -0.3 is 12.6 Å². The van der Waals surface area contributed by atoms with Crippen LogP contribution in [-0.4, -0.2) is 33.1 Å². The Balaban J connectivity index is -0.000000202. The van der Waals surface area contributed by atoms with Crippen LogP contribution >= 0.6 is 27.2 Å². The van der Waals surface area contributed by atoms with Gasteiger partial charge in [0.05, 0.1) is 0 Å². The molecule has 0 rings (SSSR count). The molecule has 0 heterocycles. The second-order valence-electron chi connectivity index (χ2n) is 1.44. The molecule has 0 bridgehead atoms. The number of alkyl halides is 1. The van der Waals surface area contributed by atoms with Crippen molar-refractivity contribution < 1.29 is 35.1 Å². The molecule has 0 saturated heterocycles. The van der Waals surface area contributed by atoms with E-state index in [-0.39, 0.29) is 13.0 Å². The maximum Gasteiger partial charge on any atom is 2.00 e. The number of rotatable bonds is 5. The minimum atomic E-state index is -4.91. The van der Waals surface area contributed by atoms with E-state index in [1.165, 1.54) is 0 Å². The number of hydrogen-bond donors (Lipinski definition) is 2. The zero-order valence-electron chi connectivity index (χ0n) is 8.62. The van der Waals surface area contributed by atoms with Crippen LogP contribution in [0.2, 0.25) is 0 Å². The Labute approximate surface area is 86.4 Å². The molecule has 13 heavy (non-hydrogen) atoms. The van der Waals surface area contributed by atoms with E-state index in [0.29, 0.717) is 0 Å². The van der Waals surface area contributed by atoms with E-state index in [9.17, 15) is 9.13 Å². The minimum absolute atomic E-state index is 0. The van der Waals surface area contributed by atoms with Crippen molar-refractivity contribution >= 4 is 37.4 Å². The van der Waals surface area contributed by atoms with Crippen LogP contribution in [0.3, 0.4) is 0 Å². The molecule has 78 valence electrons. The smallest absolute Gasteiger partial charge is 1.00 e. The first-order valence-electron chi connectivity index (χ1n) is 2.46. The zero-order valence-corrected chi connectivity index (χ0v) is 9.17. The number of halogens is 1. The summed E-state index contributed by atoms with van der Waals surface area (Å²) in [5.74, 6) is 0. The van der Waals surface area contributed by atoms with Gasteiger partial charge in [0, 0.05) is 7.11 Å². The van der Waals surface area contributed by atoms with Gasteiger partial charge in [-0.2, -0.15) is 4.31 Å². The Morgan fingerprint density at radius 3 is 2.15 bits per heavy atom. The third-order valence-corrected chi connectivity index (χ3v) is 3.44. The second kappa shape index (κ2) is 6.25. The van der Waals surface area contributed by atoms with Crippen LogP contribution in [0, 0.1) is 0 Å². The molecular formula is C2H9BeClO7P2. The van der Waals surface area contributed by atoms with Crippen molar-refractivity contribution in [1.29, 1.82) is 0 Å². The fourth-order valence-corrected chi connectivity index (χ4v) is 2.38. The molecule has 0 aliphatic heterocycles. The second-order valence-corrected chi connectivity index (χ2v) is 4.81. The molecule has 0 saturated carbocycles. The summed E-state index contributed by atoms with van der Waals surface area (Å²) >= 11 is 4.99. The summed E-state index contributed by atoms with van der Waals surface area (Å²) in [6, 6.07) is -0.564. The first kappa shape index (κ1) is 16.2. The fourth-order valence-electron chi connectivity index (χ4n) is 0.300. The molecule has 7 nitrogen and oxygen atoms in total. The molecule has 0 aliphatic rings. The summed E-state index contributed by atoms with van der Waals surface area (Å²) in [6.07, 6.45) is 0. The van der Waals surface area contributed by atoms with Crippen LogP contribution in [0.4, 0.5) is 0 Å². The standard InChI is InChI=1S/C2H7ClO7P2.Be.2H/c1-8-12(7,9-2-3)10-11(4,5)6;;;/h2H2,1H3,(H2,4,5,6);;;/q;+2;2*-1. The van der Waals surface area contributed by atoms with E-state index < -0.39 is 21.7 Å². The van der Waals surface area contributed by atoms with Crippen molar-refractivity contribution in [3.63, 3.8) is 0 Å². The molecule has 2 N–H and O–H groups in total. The van der Waals surface area contributed by atoms with Gasteiger partial charge in [0.2, 0.25) is 0 Å². The summed E-state index contributed by atoms with van der Waals surface area (Å²) in [5.41, 5.74) is 0. The van der Waals surface area contributed by atoms with Crippen molar-refractivity contribution in [2.75, 3.05) is 13.2 Å². The average molecular weight is 252 g/mol. The Bertz CT molecular complexity index is 235. The van der Waals surface area contributed by atoms with Gasteiger partial charge >= 0.3 is 25.8 Å². The molecule has 1 unspecified atom stereocenters. The number of phosphoric ester groups is 1. The first-order chi connectivity index (χ1) is 5.33. The monoisotopic (exact) mass is 251 g/mol. The van der Waals surface area contributed by atoms with Gasteiger partial charge in [-0.15, -0.1) is 0 Å². The average Bonchev–Trinajstić information content (AvgIpc) is 1.84. The van der Waals surface area contributed by atoms with Gasteiger partial charge in [0.1, 0.15) is 6.07 Å². The normalized spacial score (nSPS) is 16.0. The summed E-state index contributed by atoms with van der Waals surface area (Å²) in [4.78, 5) is 16.4. The molecule has 0 radical (unpaired) electrons. The Morgan fingerprint density at radius 1 is 1.46 bits per heavy atom. The minimum Gasteiger partial charge on any atom is -1.00 e. The fraction of sp³-hybridized carbons (Fsp3) is 1.00. The molecule has 0 amide bonds. The molecule has 11 heteroatoms. The van der Waals surface area contributed by atoms with E-state index in [1.54, 1.807) is 0 Å². The molecule has 0 aromatic carbocycles. The van der Waals surface area contributed by atoms with Crippen LogP contribution in [0.15, 0.2) is 0 Å². The van der Waals surface area contributed by atoms with Crippen molar-refractivity contribution in [3.05, 3.63) is 0 Å². The van der Waals surface area contributed by atoms with Gasteiger partial charge in [0.15, 0.2) is 0 Å². The summed E-state index contributed by atoms with van der Waals surface area (Å²) in [7, 11) is -8.22. The molecule has 0 aliphatic carbocycles. The van der Waals surface area contributed by atoms with Crippen molar-refractivity contribution in [3.8, 4) is 0 Å². The van der Waals surface area contributed by atoms with Crippen LogP contribution in [0.1, 0.15) is 2.85 Å². The summed E-state index contributed by atoms with van der Waals surface area (Å²) in [6.45, 7) is 0. The van der Waals surface area contributed by atoms with Crippen molar-refractivity contribution in [2.24, 2.45) is 0 Å². The van der Waals surface area contributed by atoms with E-state index in [1.807, 2.05) is 0 Å². The van der Waals surface area contributed by atoms with Gasteiger partial charge in [-0.05, 0) is 0 Å². The molecule has 0 aromatic rings. The van der Waals surface area contributed by atoms with Gasteiger partial charge in [-0.1, -0.05) is 11.6 Å².